The molecule has 112 valence electrons. The highest BCUT2D eigenvalue weighted by Gasteiger charge is 2.05. The summed E-state index contributed by atoms with van der Waals surface area (Å²) in [7, 11) is 0. The molecule has 0 unspecified atom stereocenters. The summed E-state index contributed by atoms with van der Waals surface area (Å²) in [4.78, 5) is 18.4. The first-order chi connectivity index (χ1) is 10.8. The van der Waals surface area contributed by atoms with E-state index in [0.717, 1.165) is 28.8 Å². The van der Waals surface area contributed by atoms with Gasteiger partial charge in [0.25, 0.3) is 0 Å². The SMILES string of the molecule is CCOc1ccc(OCc2nc3ccc(C=O)cc3[nH]2)cc1. The number of nitrogens with one attached hydrogen (secondary N) is 1. The van der Waals surface area contributed by atoms with Crippen LogP contribution in [0.5, 0.6) is 11.5 Å². The summed E-state index contributed by atoms with van der Waals surface area (Å²) < 4.78 is 11.1. The van der Waals surface area contributed by atoms with E-state index < -0.39 is 0 Å². The van der Waals surface area contributed by atoms with Gasteiger partial charge in [-0.1, -0.05) is 0 Å². The Morgan fingerprint density at radius 2 is 1.82 bits per heavy atom. The third kappa shape index (κ3) is 3.09. The molecular weight excluding hydrogens is 280 g/mol. The van der Waals surface area contributed by atoms with Gasteiger partial charge in [-0.25, -0.2) is 4.98 Å². The smallest absolute Gasteiger partial charge is 0.150 e. The van der Waals surface area contributed by atoms with Gasteiger partial charge in [-0.3, -0.25) is 4.79 Å². The predicted molar refractivity (Wildman–Crippen MR) is 83.4 cm³/mol. The van der Waals surface area contributed by atoms with Crippen LogP contribution in [0.15, 0.2) is 42.5 Å². The zero-order chi connectivity index (χ0) is 15.4. The molecule has 3 aromatic rings. The molecular formula is C17H16N2O3. The highest BCUT2D eigenvalue weighted by molar-refractivity contribution is 5.84. The van der Waals surface area contributed by atoms with Gasteiger partial charge >= 0.3 is 0 Å². The number of hydrogen-bond acceptors (Lipinski definition) is 4. The van der Waals surface area contributed by atoms with E-state index in [1.54, 1.807) is 12.1 Å². The van der Waals surface area contributed by atoms with Crippen LogP contribution in [0.2, 0.25) is 0 Å². The summed E-state index contributed by atoms with van der Waals surface area (Å²) in [5, 5.41) is 0. The van der Waals surface area contributed by atoms with Crippen LogP contribution in [0.25, 0.3) is 11.0 Å². The van der Waals surface area contributed by atoms with Gasteiger partial charge in [0.2, 0.25) is 0 Å². The largest absolute Gasteiger partial charge is 0.494 e. The van der Waals surface area contributed by atoms with Crippen molar-refractivity contribution in [3.63, 3.8) is 0 Å². The molecule has 0 saturated heterocycles. The van der Waals surface area contributed by atoms with Crippen molar-refractivity contribution in [1.29, 1.82) is 0 Å². The molecule has 22 heavy (non-hydrogen) atoms. The highest BCUT2D eigenvalue weighted by atomic mass is 16.5. The van der Waals surface area contributed by atoms with Crippen LogP contribution in [0.3, 0.4) is 0 Å². The van der Waals surface area contributed by atoms with Crippen LogP contribution >= 0.6 is 0 Å². The van der Waals surface area contributed by atoms with Crippen molar-refractivity contribution in [2.45, 2.75) is 13.5 Å². The first-order valence-corrected chi connectivity index (χ1v) is 7.08. The number of carbonyl (C=O) groups excluding carboxylic acids is 1. The van der Waals surface area contributed by atoms with E-state index in [2.05, 4.69) is 9.97 Å². The Kier molecular flexibility index (Phi) is 4.05. The number of fused-ring (bicyclic) bond motifs is 1. The Labute approximate surface area is 127 Å². The van der Waals surface area contributed by atoms with Gasteiger partial charge < -0.3 is 14.5 Å². The fourth-order valence-electron chi connectivity index (χ4n) is 2.17. The lowest BCUT2D eigenvalue weighted by molar-refractivity contribution is 0.112. The highest BCUT2D eigenvalue weighted by Crippen LogP contribution is 2.19. The van der Waals surface area contributed by atoms with Gasteiger partial charge in [0.1, 0.15) is 30.2 Å². The average Bonchev–Trinajstić information content (AvgIpc) is 2.96. The van der Waals surface area contributed by atoms with E-state index in [0.29, 0.717) is 24.6 Å². The number of carbonyl (C=O) groups is 1. The fourth-order valence-corrected chi connectivity index (χ4v) is 2.17. The molecule has 0 fully saturated rings. The summed E-state index contributed by atoms with van der Waals surface area (Å²) in [6.07, 6.45) is 0.816. The maximum absolute atomic E-state index is 10.8. The number of hydrogen-bond donors (Lipinski definition) is 1. The van der Waals surface area contributed by atoms with Crippen LogP contribution in [0, 0.1) is 0 Å². The minimum absolute atomic E-state index is 0.332. The van der Waals surface area contributed by atoms with Gasteiger partial charge in [-0.2, -0.15) is 0 Å². The molecule has 0 aliphatic carbocycles. The second kappa shape index (κ2) is 6.30. The monoisotopic (exact) mass is 296 g/mol. The van der Waals surface area contributed by atoms with Gasteiger partial charge in [-0.15, -0.1) is 0 Å². The van der Waals surface area contributed by atoms with E-state index in [4.69, 9.17) is 9.47 Å². The molecule has 5 heteroatoms. The maximum Gasteiger partial charge on any atom is 0.150 e. The van der Waals surface area contributed by atoms with Crippen LogP contribution in [-0.4, -0.2) is 22.9 Å². The van der Waals surface area contributed by atoms with E-state index in [-0.39, 0.29) is 0 Å². The molecule has 0 spiro atoms. The molecule has 2 aromatic carbocycles. The first-order valence-electron chi connectivity index (χ1n) is 7.08. The van der Waals surface area contributed by atoms with Gasteiger partial charge in [-0.05, 0) is 49.4 Å². The Balaban J connectivity index is 1.69. The average molecular weight is 296 g/mol. The topological polar surface area (TPSA) is 64.2 Å². The van der Waals surface area contributed by atoms with Crippen LogP contribution in [-0.2, 0) is 6.61 Å². The normalized spacial score (nSPS) is 10.6. The zero-order valence-electron chi connectivity index (χ0n) is 12.2. The summed E-state index contributed by atoms with van der Waals surface area (Å²) in [5.74, 6) is 2.28. The van der Waals surface area contributed by atoms with Crippen LogP contribution in [0.4, 0.5) is 0 Å². The molecule has 5 nitrogen and oxygen atoms in total. The van der Waals surface area contributed by atoms with E-state index >= 15 is 0 Å². The number of aromatic amines is 1. The number of aldehydes is 1. The molecule has 1 aromatic heterocycles. The number of rotatable bonds is 6. The van der Waals surface area contributed by atoms with Crippen molar-refractivity contribution in [2.75, 3.05) is 6.61 Å². The minimum Gasteiger partial charge on any atom is -0.494 e. The summed E-state index contributed by atoms with van der Waals surface area (Å²) in [6, 6.07) is 12.8. The molecule has 3 rings (SSSR count). The molecule has 0 aliphatic rings. The standard InChI is InChI=1S/C17H16N2O3/c1-2-21-13-4-6-14(7-5-13)22-11-17-18-15-8-3-12(10-20)9-16(15)19-17/h3-10H,2,11H2,1H3,(H,18,19). The molecule has 0 radical (unpaired) electrons. The van der Waals surface area contributed by atoms with E-state index in [1.807, 2.05) is 37.3 Å². The van der Waals surface area contributed by atoms with Crippen molar-refractivity contribution in [2.24, 2.45) is 0 Å². The Hall–Kier alpha value is -2.82. The zero-order valence-corrected chi connectivity index (χ0v) is 12.2. The first kappa shape index (κ1) is 14.1. The summed E-state index contributed by atoms with van der Waals surface area (Å²) in [6.45, 7) is 2.92. The lowest BCUT2D eigenvalue weighted by Gasteiger charge is -2.06. The molecule has 0 atom stereocenters. The van der Waals surface area contributed by atoms with Gasteiger partial charge in [0, 0.05) is 5.56 Å². The lowest BCUT2D eigenvalue weighted by atomic mass is 10.2. The second-order valence-electron chi connectivity index (χ2n) is 4.77. The molecule has 0 bridgehead atoms. The number of aromatic nitrogens is 2. The number of imidazole rings is 1. The minimum atomic E-state index is 0.332. The van der Waals surface area contributed by atoms with E-state index in [1.165, 1.54) is 0 Å². The van der Waals surface area contributed by atoms with E-state index in [9.17, 15) is 4.79 Å². The second-order valence-corrected chi connectivity index (χ2v) is 4.77. The van der Waals surface area contributed by atoms with Crippen molar-refractivity contribution in [3.05, 3.63) is 53.9 Å². The number of nitrogens with zero attached hydrogens (tertiary/aromatic N) is 1. The van der Waals surface area contributed by atoms with Crippen LogP contribution in [0.1, 0.15) is 23.1 Å². The van der Waals surface area contributed by atoms with Crippen molar-refractivity contribution < 1.29 is 14.3 Å². The number of H-pyrrole nitrogens is 1. The fraction of sp³-hybridized carbons (Fsp3) is 0.176. The molecule has 0 aliphatic heterocycles. The van der Waals surface area contributed by atoms with Crippen molar-refractivity contribution in [1.82, 2.24) is 9.97 Å². The predicted octanol–water partition coefficient (Wildman–Crippen LogP) is 3.35. The molecule has 0 amide bonds. The Bertz CT molecular complexity index is 778. The van der Waals surface area contributed by atoms with Crippen molar-refractivity contribution in [3.8, 4) is 11.5 Å². The Morgan fingerprint density at radius 3 is 2.50 bits per heavy atom. The molecule has 1 heterocycles. The third-order valence-corrected chi connectivity index (χ3v) is 3.20. The quantitative estimate of drug-likeness (QED) is 0.708. The van der Waals surface area contributed by atoms with Gasteiger partial charge in [0.15, 0.2) is 0 Å². The number of benzene rings is 2. The third-order valence-electron chi connectivity index (χ3n) is 3.20. The van der Waals surface area contributed by atoms with Crippen LogP contribution < -0.4 is 9.47 Å². The summed E-state index contributed by atoms with van der Waals surface area (Å²) in [5.41, 5.74) is 2.26. The lowest BCUT2D eigenvalue weighted by Crippen LogP contribution is -1.97. The summed E-state index contributed by atoms with van der Waals surface area (Å²) >= 11 is 0. The maximum atomic E-state index is 10.8. The molecule has 1 N–H and O–H groups in total. The van der Waals surface area contributed by atoms with Gasteiger partial charge in [0.05, 0.1) is 17.6 Å². The Morgan fingerprint density at radius 1 is 1.09 bits per heavy atom. The number of ether oxygens (including phenoxy) is 2. The molecule has 0 saturated carbocycles. The van der Waals surface area contributed by atoms with Crippen molar-refractivity contribution >= 4 is 17.3 Å².